The van der Waals surface area contributed by atoms with Gasteiger partial charge in [0.25, 0.3) is 5.91 Å². The predicted molar refractivity (Wildman–Crippen MR) is 105 cm³/mol. The van der Waals surface area contributed by atoms with Crippen molar-refractivity contribution in [3.8, 4) is 0 Å². The molecule has 4 rings (SSSR count). The first-order chi connectivity index (χ1) is 13.1. The summed E-state index contributed by atoms with van der Waals surface area (Å²) >= 11 is 0. The van der Waals surface area contributed by atoms with Crippen LogP contribution in [-0.4, -0.2) is 35.2 Å². The van der Waals surface area contributed by atoms with E-state index < -0.39 is 0 Å². The van der Waals surface area contributed by atoms with Crippen LogP contribution in [0.5, 0.6) is 0 Å². The maximum atomic E-state index is 13.2. The van der Waals surface area contributed by atoms with Crippen LogP contribution in [-0.2, 0) is 17.8 Å². The van der Waals surface area contributed by atoms with Crippen molar-refractivity contribution in [2.24, 2.45) is 0 Å². The Hall–Kier alpha value is -2.62. The summed E-state index contributed by atoms with van der Waals surface area (Å²) in [6.07, 6.45) is 4.77. The van der Waals surface area contributed by atoms with Crippen molar-refractivity contribution >= 4 is 11.8 Å². The van der Waals surface area contributed by atoms with E-state index in [0.717, 1.165) is 37.8 Å². The Labute approximate surface area is 160 Å². The van der Waals surface area contributed by atoms with Gasteiger partial charge < -0.3 is 9.80 Å². The molecule has 1 heterocycles. The molecule has 140 valence electrons. The van der Waals surface area contributed by atoms with Gasteiger partial charge in [-0.25, -0.2) is 0 Å². The minimum Gasteiger partial charge on any atom is -0.338 e. The van der Waals surface area contributed by atoms with Gasteiger partial charge in [0.05, 0.1) is 6.04 Å². The molecule has 1 atom stereocenters. The third kappa shape index (κ3) is 3.61. The minimum absolute atomic E-state index is 0.0475. The summed E-state index contributed by atoms with van der Waals surface area (Å²) in [5.41, 5.74) is 4.35. The van der Waals surface area contributed by atoms with E-state index in [1.54, 1.807) is 0 Å². The lowest BCUT2D eigenvalue weighted by Crippen LogP contribution is -2.33. The average Bonchev–Trinajstić information content (AvgIpc) is 3.11. The second-order valence-electron chi connectivity index (χ2n) is 7.64. The van der Waals surface area contributed by atoms with E-state index in [-0.39, 0.29) is 17.9 Å². The summed E-state index contributed by atoms with van der Waals surface area (Å²) < 4.78 is 0. The molecular weight excluding hydrogens is 336 g/mol. The monoisotopic (exact) mass is 362 g/mol. The summed E-state index contributed by atoms with van der Waals surface area (Å²) in [5.74, 6) is 0.258. The summed E-state index contributed by atoms with van der Waals surface area (Å²) in [7, 11) is 1.91. The van der Waals surface area contributed by atoms with E-state index in [2.05, 4.69) is 24.3 Å². The van der Waals surface area contributed by atoms with Crippen LogP contribution in [0.3, 0.4) is 0 Å². The maximum Gasteiger partial charge on any atom is 0.254 e. The van der Waals surface area contributed by atoms with Crippen LogP contribution < -0.4 is 0 Å². The molecule has 27 heavy (non-hydrogen) atoms. The van der Waals surface area contributed by atoms with Crippen LogP contribution in [0.25, 0.3) is 0 Å². The zero-order valence-electron chi connectivity index (χ0n) is 15.9. The van der Waals surface area contributed by atoms with Crippen molar-refractivity contribution in [2.45, 2.75) is 44.7 Å². The zero-order chi connectivity index (χ0) is 18.8. The van der Waals surface area contributed by atoms with Crippen LogP contribution in [0.15, 0.2) is 48.5 Å². The smallest absolute Gasteiger partial charge is 0.254 e. The van der Waals surface area contributed by atoms with Crippen molar-refractivity contribution in [3.05, 3.63) is 70.8 Å². The normalized spacial score (nSPS) is 19.1. The van der Waals surface area contributed by atoms with E-state index in [4.69, 9.17) is 0 Å². The highest BCUT2D eigenvalue weighted by molar-refractivity contribution is 5.94. The van der Waals surface area contributed by atoms with E-state index in [1.807, 2.05) is 41.1 Å². The summed E-state index contributed by atoms with van der Waals surface area (Å²) in [4.78, 5) is 28.8. The van der Waals surface area contributed by atoms with Crippen LogP contribution in [0, 0.1) is 0 Å². The van der Waals surface area contributed by atoms with Gasteiger partial charge in [-0.2, -0.15) is 0 Å². The fourth-order valence-electron chi connectivity index (χ4n) is 4.37. The van der Waals surface area contributed by atoms with Crippen molar-refractivity contribution in [3.63, 3.8) is 0 Å². The third-order valence-corrected chi connectivity index (χ3v) is 5.84. The van der Waals surface area contributed by atoms with Gasteiger partial charge in [0, 0.05) is 32.1 Å². The van der Waals surface area contributed by atoms with Gasteiger partial charge in [0.2, 0.25) is 5.91 Å². The molecule has 2 aromatic carbocycles. The molecule has 0 spiro atoms. The van der Waals surface area contributed by atoms with Gasteiger partial charge in [-0.3, -0.25) is 9.59 Å². The lowest BCUT2D eigenvalue weighted by atomic mass is 9.87. The Morgan fingerprint density at radius 3 is 2.78 bits per heavy atom. The van der Waals surface area contributed by atoms with Crippen molar-refractivity contribution in [1.29, 1.82) is 0 Å². The molecule has 1 fully saturated rings. The second kappa shape index (κ2) is 7.55. The average molecular weight is 362 g/mol. The molecule has 1 saturated heterocycles. The molecule has 0 N–H and O–H groups in total. The van der Waals surface area contributed by atoms with Gasteiger partial charge in [-0.05, 0) is 54.5 Å². The van der Waals surface area contributed by atoms with Crippen molar-refractivity contribution < 1.29 is 9.59 Å². The quantitative estimate of drug-likeness (QED) is 0.826. The zero-order valence-corrected chi connectivity index (χ0v) is 15.9. The highest BCUT2D eigenvalue weighted by atomic mass is 16.2. The molecular formula is C23H26N2O2. The number of rotatable bonds is 4. The van der Waals surface area contributed by atoms with Crippen LogP contribution in [0.2, 0.25) is 0 Å². The van der Waals surface area contributed by atoms with Crippen LogP contribution >= 0.6 is 0 Å². The molecule has 1 aliphatic heterocycles. The fourth-order valence-corrected chi connectivity index (χ4v) is 4.37. The first kappa shape index (κ1) is 17.8. The summed E-state index contributed by atoms with van der Waals surface area (Å²) in [6.45, 7) is 1.41. The molecule has 0 radical (unpaired) electrons. The number of carbonyl (C=O) groups excluding carboxylic acids is 2. The van der Waals surface area contributed by atoms with Gasteiger partial charge in [-0.1, -0.05) is 36.4 Å². The Morgan fingerprint density at radius 2 is 1.96 bits per heavy atom. The molecule has 0 aromatic heterocycles. The van der Waals surface area contributed by atoms with Gasteiger partial charge in [-0.15, -0.1) is 0 Å². The van der Waals surface area contributed by atoms with Gasteiger partial charge in [0.15, 0.2) is 0 Å². The molecule has 0 unspecified atom stereocenters. The third-order valence-electron chi connectivity index (χ3n) is 5.84. The van der Waals surface area contributed by atoms with Crippen molar-refractivity contribution in [2.75, 3.05) is 13.6 Å². The highest BCUT2D eigenvalue weighted by Gasteiger charge is 2.27. The number of nitrogens with zero attached hydrogens (tertiary/aromatic N) is 2. The number of hydrogen-bond donors (Lipinski definition) is 0. The first-order valence-corrected chi connectivity index (χ1v) is 9.85. The SMILES string of the molecule is CN(C(=O)c1cccc(CN2CCCC2=O)c1)[C@@H]1CCCc2ccccc21. The highest BCUT2D eigenvalue weighted by Crippen LogP contribution is 2.34. The summed E-state index contributed by atoms with van der Waals surface area (Å²) in [5, 5.41) is 0. The minimum atomic E-state index is 0.0475. The lowest BCUT2D eigenvalue weighted by molar-refractivity contribution is -0.128. The molecule has 1 aliphatic carbocycles. The van der Waals surface area contributed by atoms with Gasteiger partial charge >= 0.3 is 0 Å². The fraction of sp³-hybridized carbons (Fsp3) is 0.391. The molecule has 2 aromatic rings. The second-order valence-corrected chi connectivity index (χ2v) is 7.64. The van der Waals surface area contributed by atoms with E-state index in [1.165, 1.54) is 11.1 Å². The van der Waals surface area contributed by atoms with E-state index >= 15 is 0 Å². The Balaban J connectivity index is 1.53. The lowest BCUT2D eigenvalue weighted by Gasteiger charge is -2.33. The van der Waals surface area contributed by atoms with Crippen LogP contribution in [0.1, 0.15) is 58.8 Å². The number of fused-ring (bicyclic) bond motifs is 1. The Kier molecular flexibility index (Phi) is 4.97. The molecule has 4 nitrogen and oxygen atoms in total. The predicted octanol–water partition coefficient (Wildman–Crippen LogP) is 3.96. The number of benzene rings is 2. The number of carbonyl (C=O) groups is 2. The topological polar surface area (TPSA) is 40.6 Å². The first-order valence-electron chi connectivity index (χ1n) is 9.85. The Bertz CT molecular complexity index is 861. The number of amides is 2. The largest absolute Gasteiger partial charge is 0.338 e. The summed E-state index contributed by atoms with van der Waals surface area (Å²) in [6, 6.07) is 16.3. The molecule has 0 bridgehead atoms. The Morgan fingerprint density at radius 1 is 1.11 bits per heavy atom. The molecule has 2 aliphatic rings. The molecule has 0 saturated carbocycles. The van der Waals surface area contributed by atoms with E-state index in [9.17, 15) is 9.59 Å². The van der Waals surface area contributed by atoms with E-state index in [0.29, 0.717) is 18.5 Å². The van der Waals surface area contributed by atoms with Gasteiger partial charge in [0.1, 0.15) is 0 Å². The maximum absolute atomic E-state index is 13.2. The number of aryl methyl sites for hydroxylation is 1. The van der Waals surface area contributed by atoms with Crippen LogP contribution in [0.4, 0.5) is 0 Å². The number of hydrogen-bond acceptors (Lipinski definition) is 2. The number of likely N-dealkylation sites (tertiary alicyclic amines) is 1. The molecule has 2 amide bonds. The molecule has 4 heteroatoms. The standard InChI is InChI=1S/C23H26N2O2/c1-24(21-12-5-9-18-8-2-3-11-20(18)21)23(27)19-10-4-7-17(15-19)16-25-14-6-13-22(25)26/h2-4,7-8,10-11,15,21H,5-6,9,12-14,16H2,1H3/t21-/m1/s1. The van der Waals surface area contributed by atoms with Crippen molar-refractivity contribution in [1.82, 2.24) is 9.80 Å².